The molecule has 1 aliphatic rings. The number of carbonyl (C=O) groups is 1. The molecule has 1 unspecified atom stereocenters. The summed E-state index contributed by atoms with van der Waals surface area (Å²) in [5, 5.41) is 11.0. The lowest BCUT2D eigenvalue weighted by Gasteiger charge is -2.18. The van der Waals surface area contributed by atoms with Crippen LogP contribution in [0.3, 0.4) is 0 Å². The second kappa shape index (κ2) is 5.87. The number of nitrogens with zero attached hydrogens (tertiary/aromatic N) is 4. The van der Waals surface area contributed by atoms with E-state index in [0.717, 1.165) is 24.4 Å². The van der Waals surface area contributed by atoms with Gasteiger partial charge >= 0.3 is 5.97 Å². The number of nitrogens with one attached hydrogen (secondary N) is 1. The van der Waals surface area contributed by atoms with Crippen molar-refractivity contribution in [2.24, 2.45) is 5.92 Å². The Morgan fingerprint density at radius 1 is 1.30 bits per heavy atom. The Hall–Kier alpha value is -3.29. The molecule has 0 aliphatic heterocycles. The number of fused-ring (bicyclic) bond motifs is 2. The number of rotatable bonds is 3. The van der Waals surface area contributed by atoms with Gasteiger partial charge in [-0.05, 0) is 25.0 Å². The summed E-state index contributed by atoms with van der Waals surface area (Å²) >= 11 is 0. The minimum absolute atomic E-state index is 0.121. The summed E-state index contributed by atoms with van der Waals surface area (Å²) in [5.41, 5.74) is 1.91. The maximum atomic E-state index is 13.6. The molecule has 0 amide bonds. The molecule has 0 spiro atoms. The van der Waals surface area contributed by atoms with E-state index in [0.29, 0.717) is 34.5 Å². The molecule has 4 aromatic rings. The molecular formula is C19H16FN5O2. The average molecular weight is 365 g/mol. The maximum Gasteiger partial charge on any atom is 0.308 e. The zero-order valence-corrected chi connectivity index (χ0v) is 14.3. The van der Waals surface area contributed by atoms with Gasteiger partial charge in [-0.1, -0.05) is 6.42 Å². The van der Waals surface area contributed by atoms with Crippen molar-refractivity contribution < 1.29 is 14.3 Å². The summed E-state index contributed by atoms with van der Waals surface area (Å²) in [6.45, 7) is 0. The standard InChI is InChI=1S/C19H16FN5O2/c20-11-6-13-14(9-23-16(13)22-8-11)17-21-7-10-4-5-25(18(10)24-17)15-3-1-2-12(15)19(26)27/h4-9,12,15H,1-3H2,(H,22,23)(H,26,27)/t12?,15-/m0/s1. The highest BCUT2D eigenvalue weighted by Gasteiger charge is 2.34. The fourth-order valence-corrected chi connectivity index (χ4v) is 4.06. The molecule has 8 heteroatoms. The SMILES string of the molecule is O=C(O)C1CCC[C@@H]1n1ccc2cnc(-c3c[nH]c4ncc(F)cc34)nc21. The number of hydrogen-bond donors (Lipinski definition) is 2. The van der Waals surface area contributed by atoms with E-state index in [1.54, 1.807) is 12.4 Å². The second-order valence-electron chi connectivity index (χ2n) is 6.89. The minimum atomic E-state index is -0.771. The van der Waals surface area contributed by atoms with Crippen LogP contribution in [0.5, 0.6) is 0 Å². The van der Waals surface area contributed by atoms with Crippen LogP contribution in [0.1, 0.15) is 25.3 Å². The van der Waals surface area contributed by atoms with Crippen LogP contribution >= 0.6 is 0 Å². The molecule has 4 aromatic heterocycles. The highest BCUT2D eigenvalue weighted by molar-refractivity contribution is 5.92. The maximum absolute atomic E-state index is 13.6. The van der Waals surface area contributed by atoms with E-state index < -0.39 is 17.7 Å². The average Bonchev–Trinajstić information content (AvgIpc) is 3.37. The van der Waals surface area contributed by atoms with E-state index in [9.17, 15) is 14.3 Å². The number of aromatic amines is 1. The summed E-state index contributed by atoms with van der Waals surface area (Å²) in [6, 6.07) is 3.18. The molecule has 0 aromatic carbocycles. The van der Waals surface area contributed by atoms with Crippen molar-refractivity contribution in [3.05, 3.63) is 42.7 Å². The van der Waals surface area contributed by atoms with E-state index in [1.807, 2.05) is 16.8 Å². The van der Waals surface area contributed by atoms with Crippen LogP contribution in [-0.2, 0) is 4.79 Å². The quantitative estimate of drug-likeness (QED) is 0.579. The summed E-state index contributed by atoms with van der Waals surface area (Å²) < 4.78 is 15.6. The van der Waals surface area contributed by atoms with Gasteiger partial charge in [0, 0.05) is 41.0 Å². The van der Waals surface area contributed by atoms with Crippen molar-refractivity contribution in [2.75, 3.05) is 0 Å². The highest BCUT2D eigenvalue weighted by Crippen LogP contribution is 2.38. The molecule has 1 aliphatic carbocycles. The van der Waals surface area contributed by atoms with Crippen LogP contribution in [-0.4, -0.2) is 35.6 Å². The lowest BCUT2D eigenvalue weighted by Crippen LogP contribution is -2.21. The van der Waals surface area contributed by atoms with Crippen LogP contribution in [0, 0.1) is 11.7 Å². The smallest absolute Gasteiger partial charge is 0.308 e. The molecular weight excluding hydrogens is 349 g/mol. The summed E-state index contributed by atoms with van der Waals surface area (Å²) in [4.78, 5) is 27.7. The molecule has 0 bridgehead atoms. The number of aromatic nitrogens is 5. The molecule has 0 radical (unpaired) electrons. The van der Waals surface area contributed by atoms with Gasteiger partial charge in [0.05, 0.1) is 12.1 Å². The first-order chi connectivity index (χ1) is 13.1. The van der Waals surface area contributed by atoms with Crippen molar-refractivity contribution in [2.45, 2.75) is 25.3 Å². The van der Waals surface area contributed by atoms with E-state index >= 15 is 0 Å². The predicted molar refractivity (Wildman–Crippen MR) is 96.6 cm³/mol. The summed E-state index contributed by atoms with van der Waals surface area (Å²) in [5.74, 6) is -1.16. The summed E-state index contributed by atoms with van der Waals surface area (Å²) in [7, 11) is 0. The lowest BCUT2D eigenvalue weighted by atomic mass is 10.0. The van der Waals surface area contributed by atoms with Crippen molar-refractivity contribution in [3.63, 3.8) is 0 Å². The molecule has 0 saturated heterocycles. The van der Waals surface area contributed by atoms with Crippen LogP contribution in [0.2, 0.25) is 0 Å². The Morgan fingerprint density at radius 2 is 2.19 bits per heavy atom. The van der Waals surface area contributed by atoms with E-state index in [4.69, 9.17) is 0 Å². The van der Waals surface area contributed by atoms with Gasteiger partial charge in [0.25, 0.3) is 0 Å². The fraction of sp³-hybridized carbons (Fsp3) is 0.263. The topological polar surface area (TPSA) is 96.7 Å². The third-order valence-corrected chi connectivity index (χ3v) is 5.35. The number of aliphatic carboxylic acids is 1. The monoisotopic (exact) mass is 365 g/mol. The molecule has 7 nitrogen and oxygen atoms in total. The first kappa shape index (κ1) is 15.9. The molecule has 4 heterocycles. The largest absolute Gasteiger partial charge is 0.481 e. The van der Waals surface area contributed by atoms with Crippen molar-refractivity contribution >= 4 is 28.0 Å². The van der Waals surface area contributed by atoms with Crippen LogP contribution in [0.25, 0.3) is 33.5 Å². The van der Waals surface area contributed by atoms with Gasteiger partial charge in [0.15, 0.2) is 5.82 Å². The molecule has 5 rings (SSSR count). The van der Waals surface area contributed by atoms with Crippen LogP contribution in [0.15, 0.2) is 36.9 Å². The normalized spacial score (nSPS) is 19.9. The number of H-pyrrole nitrogens is 1. The molecule has 2 N–H and O–H groups in total. The van der Waals surface area contributed by atoms with Gasteiger partial charge in [0.2, 0.25) is 0 Å². The second-order valence-corrected chi connectivity index (χ2v) is 6.89. The number of halogens is 1. The van der Waals surface area contributed by atoms with Gasteiger partial charge in [0.1, 0.15) is 17.1 Å². The predicted octanol–water partition coefficient (Wildman–Crippen LogP) is 3.54. The van der Waals surface area contributed by atoms with Gasteiger partial charge < -0.3 is 14.7 Å². The highest BCUT2D eigenvalue weighted by atomic mass is 19.1. The molecule has 1 saturated carbocycles. The summed E-state index contributed by atoms with van der Waals surface area (Å²) in [6.07, 6.45) is 8.82. The lowest BCUT2D eigenvalue weighted by molar-refractivity contribution is -0.142. The van der Waals surface area contributed by atoms with Crippen molar-refractivity contribution in [1.29, 1.82) is 0 Å². The molecule has 2 atom stereocenters. The molecule has 27 heavy (non-hydrogen) atoms. The number of hydrogen-bond acceptors (Lipinski definition) is 4. The van der Waals surface area contributed by atoms with Crippen LogP contribution < -0.4 is 0 Å². The Labute approximate surface area is 152 Å². The Bertz CT molecular complexity index is 1180. The fourth-order valence-electron chi connectivity index (χ4n) is 4.06. The first-order valence-corrected chi connectivity index (χ1v) is 8.81. The first-order valence-electron chi connectivity index (χ1n) is 8.81. The van der Waals surface area contributed by atoms with E-state index in [2.05, 4.69) is 19.9 Å². The van der Waals surface area contributed by atoms with Gasteiger partial charge in [-0.25, -0.2) is 19.3 Å². The zero-order valence-electron chi connectivity index (χ0n) is 14.3. The van der Waals surface area contributed by atoms with Gasteiger partial charge in [-0.15, -0.1) is 0 Å². The zero-order chi connectivity index (χ0) is 18.5. The van der Waals surface area contributed by atoms with Gasteiger partial charge in [-0.2, -0.15) is 0 Å². The Balaban J connectivity index is 1.65. The minimum Gasteiger partial charge on any atom is -0.481 e. The van der Waals surface area contributed by atoms with E-state index in [1.165, 1.54) is 6.07 Å². The number of carboxylic acids is 1. The third kappa shape index (κ3) is 2.48. The number of pyridine rings is 1. The van der Waals surface area contributed by atoms with E-state index in [-0.39, 0.29) is 6.04 Å². The Morgan fingerprint density at radius 3 is 3.04 bits per heavy atom. The van der Waals surface area contributed by atoms with Gasteiger partial charge in [-0.3, -0.25) is 4.79 Å². The number of carboxylic acid groups (broad SMARTS) is 1. The van der Waals surface area contributed by atoms with Crippen molar-refractivity contribution in [1.82, 2.24) is 24.5 Å². The van der Waals surface area contributed by atoms with Crippen LogP contribution in [0.4, 0.5) is 4.39 Å². The molecule has 136 valence electrons. The van der Waals surface area contributed by atoms with Crippen molar-refractivity contribution in [3.8, 4) is 11.4 Å². The molecule has 1 fully saturated rings. The third-order valence-electron chi connectivity index (χ3n) is 5.35. The Kier molecular flexibility index (Phi) is 3.46.